The first-order valence-corrected chi connectivity index (χ1v) is 9.47. The minimum Gasteiger partial charge on any atom is -0.335 e. The first-order valence-electron chi connectivity index (χ1n) is 9.47. The van der Waals surface area contributed by atoms with Crippen LogP contribution in [0.15, 0.2) is 18.2 Å². The van der Waals surface area contributed by atoms with Crippen LogP contribution in [0, 0.1) is 19.8 Å². The maximum Gasteiger partial charge on any atom is 0.239 e. The van der Waals surface area contributed by atoms with Crippen LogP contribution in [0.25, 0.3) is 0 Å². The van der Waals surface area contributed by atoms with Crippen LogP contribution in [-0.2, 0) is 9.59 Å². The molecule has 0 aliphatic carbocycles. The van der Waals surface area contributed by atoms with Crippen LogP contribution in [0.3, 0.4) is 0 Å². The average Bonchev–Trinajstić information content (AvgIpc) is 3.04. The van der Waals surface area contributed by atoms with Gasteiger partial charge in [-0.1, -0.05) is 6.07 Å². The highest BCUT2D eigenvalue weighted by molar-refractivity contribution is 6.09. The van der Waals surface area contributed by atoms with E-state index in [0.717, 1.165) is 49.2 Å². The second-order valence-corrected chi connectivity index (χ2v) is 7.80. The maximum atomic E-state index is 13.2. The number of carbonyl (C=O) groups is 2. The molecule has 1 N–H and O–H groups in total. The molecule has 2 bridgehead atoms. The second kappa shape index (κ2) is 6.45. The number of hydrogen-bond donors (Lipinski definition) is 1. The highest BCUT2D eigenvalue weighted by Gasteiger charge is 2.45. The number of aryl methyl sites for hydroxylation is 2. The van der Waals surface area contributed by atoms with Gasteiger partial charge in [-0.05, 0) is 69.3 Å². The Kier molecular flexibility index (Phi) is 4.28. The van der Waals surface area contributed by atoms with Crippen LogP contribution in [0.5, 0.6) is 0 Å². The maximum absolute atomic E-state index is 13.2. The van der Waals surface area contributed by atoms with Crippen molar-refractivity contribution in [1.82, 2.24) is 10.2 Å². The minimum absolute atomic E-state index is 0.0217. The van der Waals surface area contributed by atoms with Gasteiger partial charge in [0.15, 0.2) is 0 Å². The monoisotopic (exact) mass is 341 g/mol. The Hall–Kier alpha value is -1.88. The van der Waals surface area contributed by atoms with Crippen LogP contribution in [0.2, 0.25) is 0 Å². The van der Waals surface area contributed by atoms with Crippen LogP contribution >= 0.6 is 0 Å². The van der Waals surface area contributed by atoms with Crippen molar-refractivity contribution in [2.45, 2.75) is 51.6 Å². The molecular weight excluding hydrogens is 314 g/mol. The summed E-state index contributed by atoms with van der Waals surface area (Å²) in [5.74, 6) is -0.457. The molecule has 3 saturated heterocycles. The van der Waals surface area contributed by atoms with Crippen molar-refractivity contribution in [2.24, 2.45) is 5.92 Å². The van der Waals surface area contributed by atoms with E-state index < -0.39 is 5.92 Å². The molecule has 3 heterocycles. The van der Waals surface area contributed by atoms with Crippen molar-refractivity contribution < 1.29 is 9.59 Å². The van der Waals surface area contributed by atoms with Gasteiger partial charge in [-0.25, -0.2) is 0 Å². The fraction of sp³-hybridized carbons (Fsp3) is 0.600. The van der Waals surface area contributed by atoms with Gasteiger partial charge in [-0.3, -0.25) is 9.59 Å². The van der Waals surface area contributed by atoms with E-state index in [2.05, 4.69) is 11.4 Å². The van der Waals surface area contributed by atoms with Gasteiger partial charge in [0, 0.05) is 30.9 Å². The summed E-state index contributed by atoms with van der Waals surface area (Å²) in [6.07, 6.45) is 3.78. The summed E-state index contributed by atoms with van der Waals surface area (Å²) in [6.45, 7) is 6.56. The summed E-state index contributed by atoms with van der Waals surface area (Å²) in [5.41, 5.74) is 3.22. The molecule has 2 amide bonds. The van der Waals surface area contributed by atoms with E-state index >= 15 is 0 Å². The van der Waals surface area contributed by atoms with Gasteiger partial charge in [-0.15, -0.1) is 0 Å². The predicted molar refractivity (Wildman–Crippen MR) is 97.5 cm³/mol. The number of anilines is 1. The summed E-state index contributed by atoms with van der Waals surface area (Å²) in [5, 5.41) is 3.42. The van der Waals surface area contributed by atoms with Crippen molar-refractivity contribution in [1.29, 1.82) is 0 Å². The van der Waals surface area contributed by atoms with Gasteiger partial charge >= 0.3 is 0 Å². The molecule has 3 unspecified atom stereocenters. The highest BCUT2D eigenvalue weighted by atomic mass is 16.2. The number of fused-ring (bicyclic) bond motifs is 2. The van der Waals surface area contributed by atoms with Gasteiger partial charge in [0.25, 0.3) is 0 Å². The third-order valence-electron chi connectivity index (χ3n) is 5.93. The summed E-state index contributed by atoms with van der Waals surface area (Å²) in [4.78, 5) is 30.0. The van der Waals surface area contributed by atoms with E-state index in [-0.39, 0.29) is 17.9 Å². The molecule has 0 spiro atoms. The molecule has 1 aromatic carbocycles. The number of amides is 2. The molecule has 1 aromatic rings. The van der Waals surface area contributed by atoms with E-state index in [1.54, 1.807) is 4.90 Å². The Morgan fingerprint density at radius 2 is 1.76 bits per heavy atom. The zero-order valence-corrected chi connectivity index (χ0v) is 15.1. The van der Waals surface area contributed by atoms with Crippen molar-refractivity contribution in [3.63, 3.8) is 0 Å². The fourth-order valence-electron chi connectivity index (χ4n) is 4.79. The first kappa shape index (κ1) is 16.6. The molecule has 3 fully saturated rings. The van der Waals surface area contributed by atoms with E-state index in [1.807, 2.05) is 30.9 Å². The summed E-state index contributed by atoms with van der Waals surface area (Å²) in [7, 11) is 0. The third-order valence-corrected chi connectivity index (χ3v) is 5.93. The number of rotatable bonds is 2. The molecular formula is C20H27N3O2. The Bertz CT molecular complexity index is 668. The van der Waals surface area contributed by atoms with Crippen molar-refractivity contribution >= 4 is 17.5 Å². The van der Waals surface area contributed by atoms with E-state index in [0.29, 0.717) is 19.0 Å². The molecule has 25 heavy (non-hydrogen) atoms. The quantitative estimate of drug-likeness (QED) is 0.837. The zero-order valence-electron chi connectivity index (χ0n) is 15.1. The molecule has 4 rings (SSSR count). The van der Waals surface area contributed by atoms with Gasteiger partial charge in [-0.2, -0.15) is 0 Å². The number of carbonyl (C=O) groups excluding carboxylic acids is 2. The van der Waals surface area contributed by atoms with Crippen molar-refractivity contribution in [3.8, 4) is 0 Å². The number of benzene rings is 1. The zero-order chi connectivity index (χ0) is 17.6. The molecule has 0 aromatic heterocycles. The Morgan fingerprint density at radius 1 is 1.04 bits per heavy atom. The molecule has 3 aliphatic heterocycles. The lowest BCUT2D eigenvalue weighted by Gasteiger charge is -2.30. The molecule has 3 aliphatic rings. The van der Waals surface area contributed by atoms with E-state index in [9.17, 15) is 9.59 Å². The lowest BCUT2D eigenvalue weighted by atomic mass is 10.0. The highest BCUT2D eigenvalue weighted by Crippen LogP contribution is 2.33. The van der Waals surface area contributed by atoms with E-state index in [1.165, 1.54) is 0 Å². The number of nitrogens with zero attached hydrogens (tertiary/aromatic N) is 2. The van der Waals surface area contributed by atoms with Crippen LogP contribution < -0.4 is 10.2 Å². The van der Waals surface area contributed by atoms with Gasteiger partial charge in [0.1, 0.15) is 5.92 Å². The predicted octanol–water partition coefficient (Wildman–Crippen LogP) is 2.01. The molecule has 5 nitrogen and oxygen atoms in total. The molecule has 0 radical (unpaired) electrons. The molecule has 0 saturated carbocycles. The SMILES string of the molecule is Cc1cc(C)cc(N2CCC(C(=O)N3C4CCNCC3CC4)C2=O)c1. The standard InChI is InChI=1S/C20H27N3O2/c1-13-9-14(2)11-17(10-13)22-8-6-18(19(22)24)20(25)23-15-3-4-16(23)12-21-7-5-15/h9-11,15-16,18,21H,3-8,12H2,1-2H3. The summed E-state index contributed by atoms with van der Waals surface area (Å²) >= 11 is 0. The van der Waals surface area contributed by atoms with Crippen LogP contribution in [-0.4, -0.2) is 48.4 Å². The van der Waals surface area contributed by atoms with Crippen LogP contribution in [0.1, 0.15) is 36.8 Å². The topological polar surface area (TPSA) is 52.7 Å². The fourth-order valence-corrected chi connectivity index (χ4v) is 4.79. The average molecular weight is 341 g/mol. The largest absolute Gasteiger partial charge is 0.335 e. The van der Waals surface area contributed by atoms with Crippen molar-refractivity contribution in [3.05, 3.63) is 29.3 Å². The molecule has 5 heteroatoms. The number of nitrogens with one attached hydrogen (secondary N) is 1. The second-order valence-electron chi connectivity index (χ2n) is 7.80. The van der Waals surface area contributed by atoms with Crippen LogP contribution in [0.4, 0.5) is 5.69 Å². The smallest absolute Gasteiger partial charge is 0.239 e. The van der Waals surface area contributed by atoms with Gasteiger partial charge in [0.05, 0.1) is 0 Å². The Morgan fingerprint density at radius 3 is 2.52 bits per heavy atom. The Balaban J connectivity index is 1.54. The molecule has 134 valence electrons. The Labute approximate surface area is 149 Å². The summed E-state index contributed by atoms with van der Waals surface area (Å²) < 4.78 is 0. The van der Waals surface area contributed by atoms with Gasteiger partial charge < -0.3 is 15.1 Å². The van der Waals surface area contributed by atoms with Gasteiger partial charge in [0.2, 0.25) is 11.8 Å². The number of hydrogen-bond acceptors (Lipinski definition) is 3. The minimum atomic E-state index is -0.498. The third kappa shape index (κ3) is 2.95. The normalized spacial score (nSPS) is 29.2. The van der Waals surface area contributed by atoms with E-state index in [4.69, 9.17) is 0 Å². The molecule has 3 atom stereocenters. The lowest BCUT2D eigenvalue weighted by Crippen LogP contribution is -2.47. The van der Waals surface area contributed by atoms with Crippen molar-refractivity contribution in [2.75, 3.05) is 24.5 Å². The lowest BCUT2D eigenvalue weighted by molar-refractivity contribution is -0.142. The summed E-state index contributed by atoms with van der Waals surface area (Å²) in [6, 6.07) is 6.77. The first-order chi connectivity index (χ1) is 12.0.